The molecule has 0 aromatic carbocycles. The minimum Gasteiger partial charge on any atom is -0.481 e. The van der Waals surface area contributed by atoms with Crippen LogP contribution in [0.2, 0.25) is 0 Å². The van der Waals surface area contributed by atoms with Gasteiger partial charge in [-0.05, 0) is 20.3 Å². The number of primary amides is 1. The van der Waals surface area contributed by atoms with E-state index >= 15 is 0 Å². The second-order valence-electron chi connectivity index (χ2n) is 7.24. The number of hydrogen-bond donors (Lipinski definition) is 8. The Balaban J connectivity index is 0. The molecule has 8 atom stereocenters. The number of ether oxygens (including phenoxy) is 2. The fourth-order valence-electron chi connectivity index (χ4n) is 2.86. The van der Waals surface area contributed by atoms with Crippen LogP contribution in [-0.4, -0.2) is 94.4 Å². The summed E-state index contributed by atoms with van der Waals surface area (Å²) >= 11 is 0. The van der Waals surface area contributed by atoms with Crippen molar-refractivity contribution in [2.24, 2.45) is 17.2 Å². The van der Waals surface area contributed by atoms with Crippen LogP contribution in [0.4, 0.5) is 0 Å². The summed E-state index contributed by atoms with van der Waals surface area (Å²) in [5.41, 5.74) is 16.4. The molecule has 0 aliphatic carbocycles. The van der Waals surface area contributed by atoms with Crippen LogP contribution in [0.3, 0.4) is 0 Å². The number of carboxylic acid groups (broad SMARTS) is 1. The van der Waals surface area contributed by atoms with E-state index in [1.54, 1.807) is 0 Å². The van der Waals surface area contributed by atoms with Gasteiger partial charge in [0.1, 0.15) is 36.5 Å². The van der Waals surface area contributed by atoms with E-state index in [1.165, 1.54) is 13.8 Å². The van der Waals surface area contributed by atoms with Crippen molar-refractivity contribution >= 4 is 48.5 Å². The van der Waals surface area contributed by atoms with Crippen LogP contribution < -0.4 is 27.8 Å². The molecule has 1 saturated heterocycles. The number of amides is 3. The third kappa shape index (κ3) is 9.93. The highest BCUT2D eigenvalue weighted by atomic mass is 35.5. The molecule has 0 saturated carbocycles. The molecule has 33 heavy (non-hydrogen) atoms. The van der Waals surface area contributed by atoms with Crippen LogP contribution in [0.25, 0.3) is 0 Å². The fourth-order valence-corrected chi connectivity index (χ4v) is 2.86. The molecule has 0 spiro atoms. The molecule has 194 valence electrons. The Morgan fingerprint density at radius 1 is 1.09 bits per heavy atom. The highest BCUT2D eigenvalue weighted by Gasteiger charge is 2.44. The Bertz CT molecular complexity index is 675. The van der Waals surface area contributed by atoms with Gasteiger partial charge in [-0.25, -0.2) is 0 Å². The maximum atomic E-state index is 12.4. The molecule has 1 rings (SSSR count). The van der Waals surface area contributed by atoms with Gasteiger partial charge in [-0.3, -0.25) is 19.2 Å². The van der Waals surface area contributed by atoms with Crippen LogP contribution in [0.15, 0.2) is 0 Å². The van der Waals surface area contributed by atoms with Crippen molar-refractivity contribution in [1.29, 1.82) is 0 Å². The quantitative estimate of drug-likeness (QED) is 0.131. The summed E-state index contributed by atoms with van der Waals surface area (Å²) in [4.78, 5) is 46.7. The minimum atomic E-state index is -1.46. The van der Waals surface area contributed by atoms with Crippen LogP contribution in [0, 0.1) is 0 Å². The highest BCUT2D eigenvalue weighted by molar-refractivity contribution is 5.92. The third-order valence-electron chi connectivity index (χ3n) is 4.76. The maximum Gasteiger partial charge on any atom is 0.303 e. The van der Waals surface area contributed by atoms with Crippen molar-refractivity contribution in [3.8, 4) is 0 Å². The molecule has 0 aromatic rings. The van der Waals surface area contributed by atoms with Crippen LogP contribution >= 0.6 is 24.8 Å². The van der Waals surface area contributed by atoms with Gasteiger partial charge in [-0.15, -0.1) is 24.8 Å². The Labute approximate surface area is 202 Å². The number of aliphatic carboxylic acids is 1. The summed E-state index contributed by atoms with van der Waals surface area (Å²) in [7, 11) is 0. The number of rotatable bonds is 11. The second kappa shape index (κ2) is 15.2. The van der Waals surface area contributed by atoms with Gasteiger partial charge in [0.25, 0.3) is 0 Å². The number of carbonyl (C=O) groups is 4. The Morgan fingerprint density at radius 3 is 2.15 bits per heavy atom. The molecule has 1 aliphatic rings. The zero-order chi connectivity index (χ0) is 23.9. The van der Waals surface area contributed by atoms with E-state index in [4.69, 9.17) is 31.8 Å². The first-order chi connectivity index (χ1) is 14.4. The number of aliphatic hydroxyl groups excluding tert-OH is 2. The lowest BCUT2D eigenvalue weighted by Crippen LogP contribution is -2.64. The van der Waals surface area contributed by atoms with E-state index in [0.29, 0.717) is 0 Å². The number of carbonyl (C=O) groups excluding carboxylic acids is 3. The Morgan fingerprint density at radius 2 is 1.67 bits per heavy atom. The van der Waals surface area contributed by atoms with Crippen molar-refractivity contribution in [1.82, 2.24) is 10.6 Å². The predicted molar refractivity (Wildman–Crippen MR) is 118 cm³/mol. The number of nitrogens with one attached hydrogen (secondary N) is 2. The lowest BCUT2D eigenvalue weighted by atomic mass is 9.97. The number of hydrogen-bond acceptors (Lipinski definition) is 10. The van der Waals surface area contributed by atoms with E-state index in [0.717, 1.165) is 0 Å². The Kier molecular flexibility index (Phi) is 15.4. The largest absolute Gasteiger partial charge is 0.481 e. The first-order valence-corrected chi connectivity index (χ1v) is 9.63. The van der Waals surface area contributed by atoms with E-state index in [1.807, 2.05) is 0 Å². The van der Waals surface area contributed by atoms with Gasteiger partial charge in [0.05, 0.1) is 6.04 Å². The van der Waals surface area contributed by atoms with E-state index in [9.17, 15) is 29.4 Å². The molecular weight excluding hydrogens is 489 g/mol. The average molecular weight is 522 g/mol. The summed E-state index contributed by atoms with van der Waals surface area (Å²) in [6.07, 6.45) is -6.66. The third-order valence-corrected chi connectivity index (χ3v) is 4.76. The smallest absolute Gasteiger partial charge is 0.303 e. The average Bonchev–Trinajstić information content (AvgIpc) is 2.69. The number of halogens is 2. The van der Waals surface area contributed by atoms with Crippen molar-refractivity contribution in [3.05, 3.63) is 0 Å². The summed E-state index contributed by atoms with van der Waals surface area (Å²) in [5, 5.41) is 33.4. The van der Waals surface area contributed by atoms with Crippen LogP contribution in [0.5, 0.6) is 0 Å². The molecule has 11 N–H and O–H groups in total. The van der Waals surface area contributed by atoms with Gasteiger partial charge in [-0.2, -0.15) is 0 Å². The molecule has 16 heteroatoms. The van der Waals surface area contributed by atoms with Crippen molar-refractivity contribution in [2.75, 3.05) is 6.54 Å². The molecule has 0 radical (unpaired) electrons. The van der Waals surface area contributed by atoms with Crippen LogP contribution in [0.1, 0.15) is 26.7 Å². The van der Waals surface area contributed by atoms with Crippen molar-refractivity contribution in [3.63, 3.8) is 0 Å². The predicted octanol–water partition coefficient (Wildman–Crippen LogP) is -3.69. The van der Waals surface area contributed by atoms with Gasteiger partial charge >= 0.3 is 5.97 Å². The highest BCUT2D eigenvalue weighted by Crippen LogP contribution is 2.22. The lowest BCUT2D eigenvalue weighted by molar-refractivity contribution is -0.253. The zero-order valence-corrected chi connectivity index (χ0v) is 19.7. The number of nitrogens with two attached hydrogens (primary N) is 3. The minimum absolute atomic E-state index is 0. The van der Waals surface area contributed by atoms with Gasteiger partial charge in [0.2, 0.25) is 17.7 Å². The summed E-state index contributed by atoms with van der Waals surface area (Å²) in [5.74, 6) is -3.59. The second-order valence-corrected chi connectivity index (χ2v) is 7.24. The van der Waals surface area contributed by atoms with Gasteiger partial charge in [-0.1, -0.05) is 0 Å². The molecule has 0 bridgehead atoms. The van der Waals surface area contributed by atoms with Gasteiger partial charge in [0.15, 0.2) is 6.29 Å². The molecule has 0 aromatic heterocycles. The van der Waals surface area contributed by atoms with Crippen molar-refractivity contribution < 1.29 is 44.0 Å². The summed E-state index contributed by atoms with van der Waals surface area (Å²) < 4.78 is 10.6. The lowest BCUT2D eigenvalue weighted by Gasteiger charge is -2.41. The molecule has 1 fully saturated rings. The standard InChI is InChI=1S/C17H31N5O9.2ClH/c1-6(15(27)22-8(14(20)26)3-4-10(23)24)21-16(28)7(2)30-13-11(19)17(29)31-9(5-18)12(13)25;;/h6-9,11-13,17,25,29H,3-5,18-19H2,1-2H3,(H2,20,26)(H,21,28)(H,22,27)(H,23,24);2*1H/t6-,7+,8+,9+,11+,12+,13+,17+;;/m0../s1. The van der Waals surface area contributed by atoms with E-state index in [-0.39, 0.29) is 44.2 Å². The fraction of sp³-hybridized carbons (Fsp3) is 0.765. The normalized spacial score (nSPS) is 27.0. The summed E-state index contributed by atoms with van der Waals surface area (Å²) in [6, 6.07) is -3.50. The molecular formula is C17H33Cl2N5O9. The monoisotopic (exact) mass is 521 g/mol. The number of carboxylic acids is 1. The maximum absolute atomic E-state index is 12.4. The first-order valence-electron chi connectivity index (χ1n) is 9.63. The van der Waals surface area contributed by atoms with Crippen LogP contribution in [-0.2, 0) is 28.7 Å². The Hall–Kier alpha value is -1.78. The molecule has 1 aliphatic heterocycles. The van der Waals surface area contributed by atoms with Gasteiger partial charge in [0, 0.05) is 13.0 Å². The SMILES string of the molecule is C[C@H](NC(=O)[C@@H](C)O[C@@H]1[C@@H](N)[C@H](O)O[C@H](CN)[C@H]1O)C(=O)N[C@H](CCC(=O)O)C(N)=O.Cl.Cl. The topological polar surface area (TPSA) is 250 Å². The van der Waals surface area contributed by atoms with Crippen molar-refractivity contribution in [2.45, 2.75) is 75.5 Å². The first kappa shape index (κ1) is 33.4. The van der Waals surface area contributed by atoms with E-state index in [2.05, 4.69) is 10.6 Å². The molecule has 3 amide bonds. The molecule has 1 heterocycles. The molecule has 0 unspecified atom stereocenters. The van der Waals surface area contributed by atoms with E-state index < -0.39 is 72.5 Å². The molecule has 14 nitrogen and oxygen atoms in total. The summed E-state index contributed by atoms with van der Waals surface area (Å²) in [6.45, 7) is 2.56. The van der Waals surface area contributed by atoms with Gasteiger partial charge < -0.3 is 52.6 Å². The zero-order valence-electron chi connectivity index (χ0n) is 18.1. The number of aliphatic hydroxyl groups is 2.